The van der Waals surface area contributed by atoms with E-state index >= 15 is 0 Å². The van der Waals surface area contributed by atoms with Crippen molar-refractivity contribution in [2.45, 2.75) is 45.5 Å². The highest BCUT2D eigenvalue weighted by atomic mass is 16.5. The van der Waals surface area contributed by atoms with Gasteiger partial charge in [-0.1, -0.05) is 0 Å². The van der Waals surface area contributed by atoms with Crippen LogP contribution < -0.4 is 19.9 Å². The van der Waals surface area contributed by atoms with Crippen LogP contribution in [0.3, 0.4) is 0 Å². The van der Waals surface area contributed by atoms with Gasteiger partial charge in [-0.05, 0) is 39.0 Å². The van der Waals surface area contributed by atoms with Crippen LogP contribution >= 0.6 is 0 Å². The second kappa shape index (κ2) is 10.1. The summed E-state index contributed by atoms with van der Waals surface area (Å²) in [5, 5.41) is 9.32. The first-order valence-electron chi connectivity index (χ1n) is 11.5. The zero-order chi connectivity index (χ0) is 24.2. The van der Waals surface area contributed by atoms with Gasteiger partial charge >= 0.3 is 0 Å². The Bertz CT molecular complexity index is 1250. The lowest BCUT2D eigenvalue weighted by Crippen LogP contribution is -2.50. The van der Waals surface area contributed by atoms with Gasteiger partial charge in [0.15, 0.2) is 0 Å². The number of anilines is 1. The highest BCUT2D eigenvalue weighted by Gasteiger charge is 2.33. The smallest absolute Gasteiger partial charge is 0.252 e. The van der Waals surface area contributed by atoms with Gasteiger partial charge in [0.1, 0.15) is 35.2 Å². The number of aromatic nitrogens is 3. The minimum atomic E-state index is -0.231. The number of hydrogen-bond donors (Lipinski definition) is 0. The summed E-state index contributed by atoms with van der Waals surface area (Å²) in [6.07, 6.45) is 1.98. The number of hydrogen-bond acceptors (Lipinski definition) is 8. The Morgan fingerprint density at radius 2 is 2.06 bits per heavy atom. The molecule has 0 bridgehead atoms. The normalized spacial score (nSPS) is 18.2. The number of fused-ring (bicyclic) bond motifs is 1. The summed E-state index contributed by atoms with van der Waals surface area (Å²) < 4.78 is 19.4. The van der Waals surface area contributed by atoms with Crippen molar-refractivity contribution in [2.24, 2.45) is 7.05 Å². The first kappa shape index (κ1) is 23.5. The maximum Gasteiger partial charge on any atom is 0.252 e. The number of pyridine rings is 3. The minimum Gasteiger partial charge on any atom is -0.489 e. The fraction of sp³-hybridized carbons (Fsp3) is 0.440. The van der Waals surface area contributed by atoms with Crippen molar-refractivity contribution < 1.29 is 14.2 Å². The van der Waals surface area contributed by atoms with Gasteiger partial charge < -0.3 is 23.7 Å². The molecule has 4 rings (SSSR count). The minimum absolute atomic E-state index is 0.0739. The fourth-order valence-electron chi connectivity index (χ4n) is 4.17. The van der Waals surface area contributed by atoms with E-state index in [1.807, 2.05) is 26.8 Å². The van der Waals surface area contributed by atoms with Crippen LogP contribution in [-0.2, 0) is 11.8 Å². The molecule has 1 aliphatic rings. The molecule has 3 aromatic rings. The topological polar surface area (TPSA) is 103 Å². The Hall–Kier alpha value is -3.64. The van der Waals surface area contributed by atoms with Crippen molar-refractivity contribution in [1.82, 2.24) is 14.5 Å². The molecule has 4 heterocycles. The highest BCUT2D eigenvalue weighted by molar-refractivity contribution is 5.88. The van der Waals surface area contributed by atoms with E-state index in [2.05, 4.69) is 20.9 Å². The summed E-state index contributed by atoms with van der Waals surface area (Å²) in [5.74, 6) is 1.21. The van der Waals surface area contributed by atoms with Gasteiger partial charge in [0.05, 0.1) is 23.5 Å². The molecule has 0 aromatic carbocycles. The van der Waals surface area contributed by atoms with Crippen molar-refractivity contribution >= 4 is 16.7 Å². The van der Waals surface area contributed by atoms with Crippen molar-refractivity contribution in [3.63, 3.8) is 0 Å². The zero-order valence-electron chi connectivity index (χ0n) is 19.9. The van der Waals surface area contributed by atoms with E-state index in [4.69, 9.17) is 14.2 Å². The molecule has 178 valence electrons. The quantitative estimate of drug-likeness (QED) is 0.527. The molecule has 9 heteroatoms. The maximum atomic E-state index is 12.6. The molecule has 0 N–H and O–H groups in total. The van der Waals surface area contributed by atoms with Crippen LogP contribution in [0.15, 0.2) is 41.3 Å². The van der Waals surface area contributed by atoms with Crippen LogP contribution in [0.4, 0.5) is 5.69 Å². The second-order valence-corrected chi connectivity index (χ2v) is 8.49. The molecular formula is C25H29N5O4. The van der Waals surface area contributed by atoms with E-state index in [-0.39, 0.29) is 23.9 Å². The molecular weight excluding hydrogens is 434 g/mol. The standard InChI is InChI=1S/C25H29N5O4/c1-5-32-22-15-30(11-10-21(22)34-23-9-7-18(14-27-23)33-16(2)3)20-12-24(31)29(4)19-8-6-17(13-26)28-25(19)20/h6-9,12,14,16,21-22H,5,10-11,15H2,1-4H3/t21-,22+/m1/s1. The van der Waals surface area contributed by atoms with Crippen LogP contribution in [0.25, 0.3) is 11.0 Å². The van der Waals surface area contributed by atoms with E-state index in [9.17, 15) is 10.1 Å². The number of nitrogens with zero attached hydrogens (tertiary/aromatic N) is 5. The molecule has 1 aliphatic heterocycles. The average molecular weight is 464 g/mol. The molecule has 1 fully saturated rings. The molecule has 0 unspecified atom stereocenters. The van der Waals surface area contributed by atoms with Crippen molar-refractivity contribution in [1.29, 1.82) is 5.26 Å². The molecule has 1 saturated heterocycles. The lowest BCUT2D eigenvalue weighted by molar-refractivity contribution is -0.0296. The molecule has 9 nitrogen and oxygen atoms in total. The maximum absolute atomic E-state index is 12.6. The fourth-order valence-corrected chi connectivity index (χ4v) is 4.17. The Labute approximate surface area is 198 Å². The van der Waals surface area contributed by atoms with E-state index < -0.39 is 0 Å². The van der Waals surface area contributed by atoms with Gasteiger partial charge in [0.25, 0.3) is 5.56 Å². The molecule has 0 aliphatic carbocycles. The number of nitriles is 1. The van der Waals surface area contributed by atoms with Crippen molar-refractivity contribution in [3.8, 4) is 17.7 Å². The summed E-state index contributed by atoms with van der Waals surface area (Å²) >= 11 is 0. The van der Waals surface area contributed by atoms with Gasteiger partial charge in [-0.15, -0.1) is 0 Å². The molecule has 0 spiro atoms. The molecule has 0 radical (unpaired) electrons. The number of piperidine rings is 1. The largest absolute Gasteiger partial charge is 0.489 e. The molecule has 3 aromatic heterocycles. The first-order valence-corrected chi connectivity index (χ1v) is 11.5. The third-order valence-electron chi connectivity index (χ3n) is 5.76. The molecule has 0 saturated carbocycles. The monoisotopic (exact) mass is 463 g/mol. The van der Waals surface area contributed by atoms with Crippen molar-refractivity contribution in [2.75, 3.05) is 24.6 Å². The highest BCUT2D eigenvalue weighted by Crippen LogP contribution is 2.29. The van der Waals surface area contributed by atoms with Crippen LogP contribution in [0.1, 0.15) is 32.9 Å². The number of aryl methyl sites for hydroxylation is 1. The summed E-state index contributed by atoms with van der Waals surface area (Å²) in [7, 11) is 1.70. The van der Waals surface area contributed by atoms with E-state index in [0.717, 1.165) is 0 Å². The van der Waals surface area contributed by atoms with Gasteiger partial charge in [-0.25, -0.2) is 9.97 Å². The Kier molecular flexibility index (Phi) is 6.98. The lowest BCUT2D eigenvalue weighted by atomic mass is 10.0. The average Bonchev–Trinajstić information content (AvgIpc) is 2.83. The van der Waals surface area contributed by atoms with Gasteiger partial charge in [-0.2, -0.15) is 5.26 Å². The third kappa shape index (κ3) is 4.97. The van der Waals surface area contributed by atoms with Gasteiger partial charge in [-0.3, -0.25) is 4.79 Å². The van der Waals surface area contributed by atoms with Crippen LogP contribution in [-0.4, -0.2) is 52.5 Å². The number of ether oxygens (including phenoxy) is 3. The third-order valence-corrected chi connectivity index (χ3v) is 5.76. The van der Waals surface area contributed by atoms with E-state index in [0.29, 0.717) is 60.2 Å². The predicted molar refractivity (Wildman–Crippen MR) is 128 cm³/mol. The molecule has 0 amide bonds. The summed E-state index contributed by atoms with van der Waals surface area (Å²) in [6, 6.07) is 10.7. The predicted octanol–water partition coefficient (Wildman–Crippen LogP) is 3.05. The summed E-state index contributed by atoms with van der Waals surface area (Å²) in [5.41, 5.74) is 2.18. The van der Waals surface area contributed by atoms with Gasteiger partial charge in [0, 0.05) is 45.3 Å². The van der Waals surface area contributed by atoms with Crippen LogP contribution in [0, 0.1) is 11.3 Å². The zero-order valence-corrected chi connectivity index (χ0v) is 19.9. The Morgan fingerprint density at radius 1 is 1.24 bits per heavy atom. The SMILES string of the molecule is CCO[C@H]1CN(c2cc(=O)n(C)c3ccc(C#N)nc23)CC[C@H]1Oc1ccc(OC(C)C)cn1. The second-order valence-electron chi connectivity index (χ2n) is 8.49. The molecule has 2 atom stereocenters. The Balaban J connectivity index is 1.58. The summed E-state index contributed by atoms with van der Waals surface area (Å²) in [6.45, 7) is 7.57. The van der Waals surface area contributed by atoms with Crippen LogP contribution in [0.5, 0.6) is 11.6 Å². The van der Waals surface area contributed by atoms with Crippen LogP contribution in [0.2, 0.25) is 0 Å². The van der Waals surface area contributed by atoms with Crippen molar-refractivity contribution in [3.05, 3.63) is 52.6 Å². The first-order chi connectivity index (χ1) is 16.4. The Morgan fingerprint density at radius 3 is 2.74 bits per heavy atom. The van der Waals surface area contributed by atoms with E-state index in [1.165, 1.54) is 0 Å². The molecule has 34 heavy (non-hydrogen) atoms. The van der Waals surface area contributed by atoms with E-state index in [1.54, 1.807) is 42.1 Å². The summed E-state index contributed by atoms with van der Waals surface area (Å²) in [4.78, 5) is 23.6. The van der Waals surface area contributed by atoms with Gasteiger partial charge in [0.2, 0.25) is 5.88 Å². The lowest BCUT2D eigenvalue weighted by Gasteiger charge is -2.39. The number of rotatable bonds is 7.